The number of carbonyl (C=O) groups is 2. The van der Waals surface area contributed by atoms with Gasteiger partial charge in [-0.1, -0.05) is 0 Å². The SMILES string of the molecule is COc1ccc(OC)c(NC(=O)COC(=O)c2ccc(NS(=O)(=O)c3ccc(Br)s3)cc2)c1. The Hall–Kier alpha value is -3.09. The number of ether oxygens (including phenoxy) is 3. The van der Waals surface area contributed by atoms with Crippen LogP contribution in [0.4, 0.5) is 11.4 Å². The van der Waals surface area contributed by atoms with Crippen LogP contribution in [-0.4, -0.2) is 41.1 Å². The molecule has 0 fully saturated rings. The number of rotatable bonds is 9. The third-order valence-corrected chi connectivity index (χ3v) is 7.70. The quantitative estimate of drug-likeness (QED) is 0.381. The summed E-state index contributed by atoms with van der Waals surface area (Å²) in [5, 5.41) is 2.59. The van der Waals surface area contributed by atoms with Crippen molar-refractivity contribution < 1.29 is 32.2 Å². The number of benzene rings is 2. The van der Waals surface area contributed by atoms with Gasteiger partial charge in [-0.25, -0.2) is 13.2 Å². The topological polar surface area (TPSA) is 120 Å². The van der Waals surface area contributed by atoms with E-state index in [2.05, 4.69) is 26.0 Å². The first kappa shape index (κ1) is 24.6. The summed E-state index contributed by atoms with van der Waals surface area (Å²) >= 11 is 4.30. The van der Waals surface area contributed by atoms with Crippen LogP contribution in [0, 0.1) is 0 Å². The number of hydrogen-bond donors (Lipinski definition) is 2. The van der Waals surface area contributed by atoms with Gasteiger partial charge in [0.1, 0.15) is 15.7 Å². The molecule has 2 N–H and O–H groups in total. The zero-order valence-electron chi connectivity index (χ0n) is 17.5. The monoisotopic (exact) mass is 554 g/mol. The minimum atomic E-state index is -3.74. The fraction of sp³-hybridized carbons (Fsp3) is 0.143. The van der Waals surface area contributed by atoms with Crippen molar-refractivity contribution in [2.24, 2.45) is 0 Å². The first-order valence-electron chi connectivity index (χ1n) is 9.29. The Morgan fingerprint density at radius 3 is 2.33 bits per heavy atom. The fourth-order valence-electron chi connectivity index (χ4n) is 2.63. The van der Waals surface area contributed by atoms with E-state index in [9.17, 15) is 18.0 Å². The van der Waals surface area contributed by atoms with Crippen molar-refractivity contribution in [2.45, 2.75) is 4.21 Å². The van der Waals surface area contributed by atoms with E-state index in [0.717, 1.165) is 11.3 Å². The van der Waals surface area contributed by atoms with Gasteiger partial charge in [-0.15, -0.1) is 11.3 Å². The van der Waals surface area contributed by atoms with Gasteiger partial charge in [0.05, 0.1) is 29.3 Å². The van der Waals surface area contributed by atoms with Crippen LogP contribution >= 0.6 is 27.3 Å². The van der Waals surface area contributed by atoms with Gasteiger partial charge in [-0.2, -0.15) is 0 Å². The molecule has 0 radical (unpaired) electrons. The van der Waals surface area contributed by atoms with Gasteiger partial charge >= 0.3 is 5.97 Å². The molecular weight excluding hydrogens is 536 g/mol. The molecule has 3 aromatic rings. The van der Waals surface area contributed by atoms with E-state index >= 15 is 0 Å². The van der Waals surface area contributed by atoms with Gasteiger partial charge in [0.15, 0.2) is 6.61 Å². The predicted octanol–water partition coefficient (Wildman–Crippen LogP) is 4.12. The number of sulfonamides is 1. The summed E-state index contributed by atoms with van der Waals surface area (Å²) in [6.07, 6.45) is 0. The smallest absolute Gasteiger partial charge is 0.338 e. The van der Waals surface area contributed by atoms with E-state index in [1.807, 2.05) is 0 Å². The van der Waals surface area contributed by atoms with Crippen molar-refractivity contribution in [3.05, 3.63) is 63.9 Å². The summed E-state index contributed by atoms with van der Waals surface area (Å²) in [5.74, 6) is -0.366. The van der Waals surface area contributed by atoms with E-state index < -0.39 is 28.5 Å². The Balaban J connectivity index is 1.57. The number of esters is 1. The fourth-order valence-corrected chi connectivity index (χ4v) is 5.70. The zero-order chi connectivity index (χ0) is 24.0. The van der Waals surface area contributed by atoms with Crippen molar-refractivity contribution in [2.75, 3.05) is 30.9 Å². The van der Waals surface area contributed by atoms with Crippen LogP contribution in [0.2, 0.25) is 0 Å². The summed E-state index contributed by atoms with van der Waals surface area (Å²) < 4.78 is 43.4. The van der Waals surface area contributed by atoms with Gasteiger partial charge in [0, 0.05) is 11.8 Å². The number of thiophene rings is 1. The molecule has 3 rings (SSSR count). The van der Waals surface area contributed by atoms with Crippen LogP contribution in [0.5, 0.6) is 11.5 Å². The van der Waals surface area contributed by atoms with Crippen LogP contribution in [-0.2, 0) is 19.6 Å². The highest BCUT2D eigenvalue weighted by Gasteiger charge is 2.17. The number of methoxy groups -OCH3 is 2. The molecule has 0 saturated heterocycles. The van der Waals surface area contributed by atoms with E-state index in [4.69, 9.17) is 14.2 Å². The lowest BCUT2D eigenvalue weighted by atomic mass is 10.2. The summed E-state index contributed by atoms with van der Waals surface area (Å²) in [5.41, 5.74) is 0.801. The number of hydrogen-bond acceptors (Lipinski definition) is 8. The van der Waals surface area contributed by atoms with Crippen molar-refractivity contribution in [3.63, 3.8) is 0 Å². The first-order valence-corrected chi connectivity index (χ1v) is 12.4. The molecule has 12 heteroatoms. The molecule has 0 spiro atoms. The molecule has 174 valence electrons. The van der Waals surface area contributed by atoms with Crippen molar-refractivity contribution in [1.82, 2.24) is 0 Å². The van der Waals surface area contributed by atoms with Gasteiger partial charge in [0.2, 0.25) is 0 Å². The second kappa shape index (κ2) is 10.7. The van der Waals surface area contributed by atoms with Crippen molar-refractivity contribution in [1.29, 1.82) is 0 Å². The molecule has 1 aromatic heterocycles. The van der Waals surface area contributed by atoms with Crippen LogP contribution < -0.4 is 19.5 Å². The summed E-state index contributed by atoms with van der Waals surface area (Å²) in [7, 11) is -0.786. The maximum absolute atomic E-state index is 12.4. The third kappa shape index (κ3) is 6.46. The highest BCUT2D eigenvalue weighted by Crippen LogP contribution is 2.29. The number of halogens is 1. The highest BCUT2D eigenvalue weighted by atomic mass is 79.9. The third-order valence-electron chi connectivity index (χ3n) is 4.20. The van der Waals surface area contributed by atoms with Crippen molar-refractivity contribution >= 4 is 60.5 Å². The molecule has 0 saturated carbocycles. The van der Waals surface area contributed by atoms with Crippen LogP contribution in [0.3, 0.4) is 0 Å². The zero-order valence-corrected chi connectivity index (χ0v) is 20.7. The lowest BCUT2D eigenvalue weighted by molar-refractivity contribution is -0.119. The number of amides is 1. The molecule has 0 aliphatic rings. The minimum Gasteiger partial charge on any atom is -0.497 e. The van der Waals surface area contributed by atoms with Crippen LogP contribution in [0.1, 0.15) is 10.4 Å². The standard InChI is InChI=1S/C21H19BrN2O7S2/c1-29-15-7-8-17(30-2)16(11-15)23-19(25)12-31-21(26)13-3-5-14(6-4-13)24-33(27,28)20-10-9-18(22)32-20/h3-11,24H,12H2,1-2H3,(H,23,25). The molecule has 9 nitrogen and oxygen atoms in total. The number of carbonyl (C=O) groups excluding carboxylic acids is 2. The highest BCUT2D eigenvalue weighted by molar-refractivity contribution is 9.11. The summed E-state index contributed by atoms with van der Waals surface area (Å²) in [6.45, 7) is -0.527. The van der Waals surface area contributed by atoms with Crippen molar-refractivity contribution in [3.8, 4) is 11.5 Å². The Bertz CT molecular complexity index is 1260. The second-order valence-electron chi connectivity index (χ2n) is 6.43. The molecule has 2 aromatic carbocycles. The van der Waals surface area contributed by atoms with Crippen LogP contribution in [0.15, 0.2) is 62.6 Å². The largest absolute Gasteiger partial charge is 0.497 e. The normalized spacial score (nSPS) is 10.9. The molecule has 0 aliphatic heterocycles. The molecule has 0 unspecified atom stereocenters. The Morgan fingerprint density at radius 2 is 1.73 bits per heavy atom. The average Bonchev–Trinajstić information content (AvgIpc) is 3.25. The van der Waals surface area contributed by atoms with Gasteiger partial charge in [-0.3, -0.25) is 9.52 Å². The number of anilines is 2. The Morgan fingerprint density at radius 1 is 1.00 bits per heavy atom. The average molecular weight is 555 g/mol. The van der Waals surface area contributed by atoms with E-state index in [1.54, 1.807) is 24.3 Å². The molecule has 0 aliphatic carbocycles. The molecule has 0 bridgehead atoms. The number of nitrogens with one attached hydrogen (secondary N) is 2. The molecule has 0 atom stereocenters. The van der Waals surface area contributed by atoms with E-state index in [1.165, 1.54) is 44.6 Å². The van der Waals surface area contributed by atoms with Crippen LogP contribution in [0.25, 0.3) is 0 Å². The molecule has 1 heterocycles. The summed E-state index contributed by atoms with van der Waals surface area (Å²) in [4.78, 5) is 24.5. The lowest BCUT2D eigenvalue weighted by Gasteiger charge is -2.12. The van der Waals surface area contributed by atoms with Gasteiger partial charge in [-0.05, 0) is 64.5 Å². The van der Waals surface area contributed by atoms with E-state index in [0.29, 0.717) is 21.0 Å². The lowest BCUT2D eigenvalue weighted by Crippen LogP contribution is -2.21. The molecule has 1 amide bonds. The summed E-state index contributed by atoms with van der Waals surface area (Å²) in [6, 6.07) is 13.7. The minimum absolute atomic E-state index is 0.150. The van der Waals surface area contributed by atoms with Gasteiger partial charge < -0.3 is 19.5 Å². The molecule has 33 heavy (non-hydrogen) atoms. The Labute approximate surface area is 202 Å². The van der Waals surface area contributed by atoms with Gasteiger partial charge in [0.25, 0.3) is 15.9 Å². The van der Waals surface area contributed by atoms with E-state index in [-0.39, 0.29) is 15.5 Å². The second-order valence-corrected chi connectivity index (χ2v) is 10.8. The maximum Gasteiger partial charge on any atom is 0.338 e. The maximum atomic E-state index is 12.4. The molecular formula is C21H19BrN2O7S2. The Kier molecular flexibility index (Phi) is 7.95. The first-order chi connectivity index (χ1) is 15.7. The predicted molar refractivity (Wildman–Crippen MR) is 128 cm³/mol.